The molecule has 1 rings (SSSR count). The van der Waals surface area contributed by atoms with Gasteiger partial charge in [0, 0.05) is 12.8 Å². The molecule has 1 fully saturated rings. The molecule has 0 bridgehead atoms. The topological polar surface area (TPSA) is 60.2 Å². The average molecular weight is 449 g/mol. The molecule has 180 valence electrons. The Bertz CT molecular complexity index is 427. The third-order valence-corrected chi connectivity index (χ3v) is 7.39. The number of phosphoric ester groups is 1. The van der Waals surface area contributed by atoms with Crippen LogP contribution in [0.5, 0.6) is 0 Å². The minimum atomic E-state index is -3.88. The molecule has 0 aliphatic carbocycles. The molecule has 5 nitrogen and oxygen atoms in total. The van der Waals surface area contributed by atoms with Gasteiger partial charge in [0.15, 0.2) is 0 Å². The summed E-state index contributed by atoms with van der Waals surface area (Å²) in [6.45, 7) is 4.58. The second-order valence-electron chi connectivity index (χ2n) is 9.37. The second-order valence-corrected chi connectivity index (χ2v) is 10.8. The van der Waals surface area contributed by atoms with E-state index in [1.165, 1.54) is 94.8 Å². The van der Waals surface area contributed by atoms with Crippen molar-refractivity contribution in [1.82, 2.24) is 0 Å². The summed E-state index contributed by atoms with van der Waals surface area (Å²) in [5.41, 5.74) is 0. The molecular weight excluding hydrogens is 397 g/mol. The van der Waals surface area contributed by atoms with Crippen LogP contribution in [0.4, 0.5) is 0 Å². The zero-order valence-electron chi connectivity index (χ0n) is 20.0. The van der Waals surface area contributed by atoms with Crippen LogP contribution in [0.3, 0.4) is 0 Å². The summed E-state index contributed by atoms with van der Waals surface area (Å²) in [6.07, 6.45) is 22.6. The van der Waals surface area contributed by atoms with Gasteiger partial charge in [0.05, 0.1) is 32.8 Å². The molecule has 1 aliphatic heterocycles. The first-order valence-corrected chi connectivity index (χ1v) is 14.5. The lowest BCUT2D eigenvalue weighted by atomic mass is 10.0. The van der Waals surface area contributed by atoms with Crippen LogP contribution in [0, 0.1) is 0 Å². The normalized spacial score (nSPS) is 21.6. The number of rotatable bonds is 20. The first-order valence-electron chi connectivity index (χ1n) is 13.0. The molecule has 1 unspecified atom stereocenters. The Balaban J connectivity index is 1.80. The highest BCUT2D eigenvalue weighted by Gasteiger charge is 2.29. The van der Waals surface area contributed by atoms with Gasteiger partial charge in [-0.25, -0.2) is 4.57 Å². The molecule has 1 atom stereocenters. The van der Waals surface area contributed by atoms with Crippen LogP contribution in [0.15, 0.2) is 0 Å². The molecule has 6 heteroatoms. The maximum atomic E-state index is 12.0. The minimum absolute atomic E-state index is 0.129. The van der Waals surface area contributed by atoms with Gasteiger partial charge in [-0.3, -0.25) is 9.05 Å². The number of hydrogen-bond acceptors (Lipinski definition) is 3. The first-order chi connectivity index (χ1) is 14.5. The summed E-state index contributed by atoms with van der Waals surface area (Å²) in [4.78, 5) is 11.3. The number of nitrogens with one attached hydrogen (secondary N) is 1. The van der Waals surface area contributed by atoms with Gasteiger partial charge in [0.1, 0.15) is 0 Å². The fraction of sp³-hybridized carbons (Fsp3) is 1.00. The minimum Gasteiger partial charge on any atom is -0.337 e. The van der Waals surface area contributed by atoms with Crippen LogP contribution >= 0.6 is 7.82 Å². The predicted molar refractivity (Wildman–Crippen MR) is 126 cm³/mol. The van der Waals surface area contributed by atoms with Crippen molar-refractivity contribution in [2.24, 2.45) is 0 Å². The molecule has 30 heavy (non-hydrogen) atoms. The third kappa shape index (κ3) is 16.7. The molecule has 0 aromatic rings. The molecule has 0 saturated carbocycles. The van der Waals surface area contributed by atoms with Crippen LogP contribution in [0.25, 0.3) is 0 Å². The van der Waals surface area contributed by atoms with Crippen LogP contribution in [0.2, 0.25) is 0 Å². The number of piperidine rings is 1. The Morgan fingerprint density at radius 2 is 1.17 bits per heavy atom. The second kappa shape index (κ2) is 18.6. The number of unbranched alkanes of at least 4 members (excludes halogenated alkanes) is 15. The summed E-state index contributed by atoms with van der Waals surface area (Å²) in [6, 6.07) is 0. The zero-order valence-corrected chi connectivity index (χ0v) is 20.9. The van der Waals surface area contributed by atoms with Crippen molar-refractivity contribution in [3.05, 3.63) is 0 Å². The molecular formula is C24H51NO4P+. The van der Waals surface area contributed by atoms with E-state index in [9.17, 15) is 9.46 Å². The fourth-order valence-electron chi connectivity index (χ4n) is 4.24. The van der Waals surface area contributed by atoms with Crippen molar-refractivity contribution in [2.45, 2.75) is 129 Å². The van der Waals surface area contributed by atoms with Crippen molar-refractivity contribution < 1.29 is 23.4 Å². The molecule has 0 aromatic heterocycles. The molecule has 2 N–H and O–H groups in total. The van der Waals surface area contributed by atoms with E-state index in [0.29, 0.717) is 6.61 Å². The SMILES string of the molecule is CCCCCCCCCCCCCCCCCCOP(=O)(O)OC1CC[NH+](C)CC1. The van der Waals surface area contributed by atoms with Crippen molar-refractivity contribution in [2.75, 3.05) is 26.7 Å². The third-order valence-electron chi connectivity index (χ3n) is 6.32. The molecule has 0 aromatic carbocycles. The van der Waals surface area contributed by atoms with Gasteiger partial charge in [-0.2, -0.15) is 0 Å². The Morgan fingerprint density at radius 1 is 0.767 bits per heavy atom. The highest BCUT2D eigenvalue weighted by molar-refractivity contribution is 7.47. The van der Waals surface area contributed by atoms with E-state index in [1.54, 1.807) is 0 Å². The molecule has 1 heterocycles. The van der Waals surface area contributed by atoms with Crippen LogP contribution < -0.4 is 4.90 Å². The van der Waals surface area contributed by atoms with Crippen LogP contribution in [-0.2, 0) is 13.6 Å². The molecule has 1 saturated heterocycles. The average Bonchev–Trinajstić information content (AvgIpc) is 2.72. The summed E-state index contributed by atoms with van der Waals surface area (Å²) >= 11 is 0. The Kier molecular flexibility index (Phi) is 17.4. The highest BCUT2D eigenvalue weighted by Crippen LogP contribution is 2.45. The fourth-order valence-corrected chi connectivity index (χ4v) is 5.25. The monoisotopic (exact) mass is 448 g/mol. The van der Waals surface area contributed by atoms with Crippen LogP contribution in [-0.4, -0.2) is 37.7 Å². The zero-order chi connectivity index (χ0) is 21.9. The Hall–Kier alpha value is 0.0700. The summed E-state index contributed by atoms with van der Waals surface area (Å²) in [7, 11) is -1.74. The van der Waals surface area contributed by atoms with E-state index in [-0.39, 0.29) is 6.10 Å². The van der Waals surface area contributed by atoms with Gasteiger partial charge >= 0.3 is 7.82 Å². The van der Waals surface area contributed by atoms with Crippen LogP contribution in [0.1, 0.15) is 122 Å². The molecule has 0 amide bonds. The lowest BCUT2D eigenvalue weighted by Gasteiger charge is -2.27. The van der Waals surface area contributed by atoms with Gasteiger partial charge in [0.2, 0.25) is 0 Å². The van der Waals surface area contributed by atoms with E-state index in [4.69, 9.17) is 9.05 Å². The summed E-state index contributed by atoms with van der Waals surface area (Å²) < 4.78 is 22.5. The quantitative estimate of drug-likeness (QED) is 0.176. The number of phosphoric acid groups is 1. The van der Waals surface area contributed by atoms with E-state index in [1.807, 2.05) is 0 Å². The van der Waals surface area contributed by atoms with Gasteiger partial charge in [-0.1, -0.05) is 103 Å². The van der Waals surface area contributed by atoms with Crippen molar-refractivity contribution in [1.29, 1.82) is 0 Å². The van der Waals surface area contributed by atoms with E-state index in [0.717, 1.165) is 38.8 Å². The molecule has 0 spiro atoms. The van der Waals surface area contributed by atoms with E-state index >= 15 is 0 Å². The summed E-state index contributed by atoms with van der Waals surface area (Å²) in [5, 5.41) is 0. The maximum Gasteiger partial charge on any atom is 0.472 e. The Morgan fingerprint density at radius 3 is 1.60 bits per heavy atom. The number of hydrogen-bond donors (Lipinski definition) is 2. The van der Waals surface area contributed by atoms with Crippen molar-refractivity contribution >= 4 is 7.82 Å². The number of likely N-dealkylation sites (tertiary alicyclic amines) is 1. The highest BCUT2D eigenvalue weighted by atomic mass is 31.2. The Labute approximate surface area is 186 Å². The van der Waals surface area contributed by atoms with Crippen molar-refractivity contribution in [3.63, 3.8) is 0 Å². The van der Waals surface area contributed by atoms with Gasteiger partial charge in [0.25, 0.3) is 0 Å². The maximum absolute atomic E-state index is 12.0. The largest absolute Gasteiger partial charge is 0.472 e. The summed E-state index contributed by atoms with van der Waals surface area (Å²) in [5.74, 6) is 0. The lowest BCUT2D eigenvalue weighted by Crippen LogP contribution is -3.10. The van der Waals surface area contributed by atoms with E-state index in [2.05, 4.69) is 14.0 Å². The smallest absolute Gasteiger partial charge is 0.337 e. The first kappa shape index (κ1) is 28.1. The predicted octanol–water partition coefficient (Wildman–Crippen LogP) is 6.06. The standard InChI is InChI=1S/C24H50NO4P/c1-3-4-5-6-7-8-9-10-11-12-13-14-15-16-17-18-23-28-30(26,27)29-24-19-21-25(2)22-20-24/h24H,3-23H2,1-2H3,(H,26,27)/p+1. The molecule has 1 aliphatic rings. The van der Waals surface area contributed by atoms with Gasteiger partial charge in [-0.05, 0) is 6.42 Å². The van der Waals surface area contributed by atoms with E-state index < -0.39 is 7.82 Å². The van der Waals surface area contributed by atoms with Gasteiger partial charge in [-0.15, -0.1) is 0 Å². The molecule has 0 radical (unpaired) electrons. The van der Waals surface area contributed by atoms with Gasteiger partial charge < -0.3 is 9.79 Å². The number of quaternary nitrogens is 1. The van der Waals surface area contributed by atoms with Crippen molar-refractivity contribution in [3.8, 4) is 0 Å². The lowest BCUT2D eigenvalue weighted by molar-refractivity contribution is -0.885.